The summed E-state index contributed by atoms with van der Waals surface area (Å²) in [7, 11) is 0. The van der Waals surface area contributed by atoms with E-state index in [-0.39, 0.29) is 34.2 Å². The van der Waals surface area contributed by atoms with Gasteiger partial charge in [-0.2, -0.15) is 5.26 Å². The number of nitrogens with zero attached hydrogens (tertiary/aromatic N) is 2. The first-order chi connectivity index (χ1) is 16.4. The summed E-state index contributed by atoms with van der Waals surface area (Å²) in [6, 6.07) is 19.4. The molecule has 9 nitrogen and oxygen atoms in total. The molecule has 4 rings (SSSR count). The lowest BCUT2D eigenvalue weighted by Crippen LogP contribution is -2.21. The van der Waals surface area contributed by atoms with Gasteiger partial charge >= 0.3 is 5.97 Å². The SMILES string of the molecule is CCOc1ccccc1C(=O)Oc1ccc2c(c1)OC(N)=C(C#N)C2c1cccc([N+](=O)[O-])c1. The number of hydrogen-bond acceptors (Lipinski definition) is 8. The van der Waals surface area contributed by atoms with Crippen molar-refractivity contribution in [3.63, 3.8) is 0 Å². The van der Waals surface area contributed by atoms with Crippen molar-refractivity contribution < 1.29 is 23.9 Å². The molecule has 0 amide bonds. The Labute approximate surface area is 194 Å². The molecule has 170 valence electrons. The number of hydrogen-bond donors (Lipinski definition) is 1. The summed E-state index contributed by atoms with van der Waals surface area (Å²) in [4.78, 5) is 23.5. The van der Waals surface area contributed by atoms with Crippen LogP contribution in [0, 0.1) is 21.4 Å². The lowest BCUT2D eigenvalue weighted by molar-refractivity contribution is -0.384. The van der Waals surface area contributed by atoms with Gasteiger partial charge in [-0.05, 0) is 30.7 Å². The summed E-state index contributed by atoms with van der Waals surface area (Å²) in [6.07, 6.45) is 0. The molecule has 1 aliphatic rings. The van der Waals surface area contributed by atoms with Crippen molar-refractivity contribution in [2.45, 2.75) is 12.8 Å². The Morgan fingerprint density at radius 3 is 2.71 bits per heavy atom. The number of fused-ring (bicyclic) bond motifs is 1. The molecule has 0 aliphatic carbocycles. The van der Waals surface area contributed by atoms with Crippen molar-refractivity contribution in [1.29, 1.82) is 5.26 Å². The summed E-state index contributed by atoms with van der Waals surface area (Å²) in [5.41, 5.74) is 7.35. The van der Waals surface area contributed by atoms with Crippen LogP contribution in [0.15, 0.2) is 78.2 Å². The lowest BCUT2D eigenvalue weighted by atomic mass is 9.83. The van der Waals surface area contributed by atoms with E-state index in [4.69, 9.17) is 19.9 Å². The number of nitrogens with two attached hydrogens (primary N) is 1. The minimum atomic E-state index is -0.683. The quantitative estimate of drug-likeness (QED) is 0.248. The van der Waals surface area contributed by atoms with E-state index in [9.17, 15) is 20.2 Å². The number of allylic oxidation sites excluding steroid dienone is 1. The molecule has 0 bridgehead atoms. The smallest absolute Gasteiger partial charge is 0.347 e. The van der Waals surface area contributed by atoms with Gasteiger partial charge in [0.1, 0.15) is 34.5 Å². The van der Waals surface area contributed by atoms with Crippen molar-refractivity contribution in [1.82, 2.24) is 0 Å². The first-order valence-corrected chi connectivity index (χ1v) is 10.3. The molecule has 2 N–H and O–H groups in total. The Hall–Kier alpha value is -4.84. The fourth-order valence-corrected chi connectivity index (χ4v) is 3.74. The number of rotatable bonds is 6. The molecule has 1 atom stereocenters. The number of carbonyl (C=O) groups excluding carboxylic acids is 1. The minimum Gasteiger partial charge on any atom is -0.493 e. The number of esters is 1. The Morgan fingerprint density at radius 1 is 1.18 bits per heavy atom. The van der Waals surface area contributed by atoms with E-state index in [1.54, 1.807) is 48.5 Å². The Bertz CT molecular complexity index is 1360. The molecule has 0 saturated heterocycles. The van der Waals surface area contributed by atoms with Crippen molar-refractivity contribution in [2.75, 3.05) is 6.61 Å². The van der Waals surface area contributed by atoms with Crippen LogP contribution in [0.2, 0.25) is 0 Å². The van der Waals surface area contributed by atoms with Gasteiger partial charge in [-0.3, -0.25) is 10.1 Å². The number of benzene rings is 3. The van der Waals surface area contributed by atoms with E-state index >= 15 is 0 Å². The van der Waals surface area contributed by atoms with Crippen LogP contribution < -0.4 is 19.9 Å². The molecule has 0 saturated carbocycles. The average molecular weight is 457 g/mol. The van der Waals surface area contributed by atoms with Crippen LogP contribution in [-0.4, -0.2) is 17.5 Å². The highest BCUT2D eigenvalue weighted by molar-refractivity contribution is 5.94. The van der Waals surface area contributed by atoms with E-state index < -0.39 is 16.8 Å². The van der Waals surface area contributed by atoms with Gasteiger partial charge in [0, 0.05) is 23.8 Å². The van der Waals surface area contributed by atoms with Gasteiger partial charge in [-0.15, -0.1) is 0 Å². The average Bonchev–Trinajstić information content (AvgIpc) is 2.83. The van der Waals surface area contributed by atoms with Crippen LogP contribution in [0.3, 0.4) is 0 Å². The van der Waals surface area contributed by atoms with Crippen LogP contribution in [0.25, 0.3) is 0 Å². The van der Waals surface area contributed by atoms with Crippen LogP contribution in [0.4, 0.5) is 5.69 Å². The van der Waals surface area contributed by atoms with Crippen LogP contribution in [-0.2, 0) is 0 Å². The van der Waals surface area contributed by atoms with Crippen LogP contribution in [0.5, 0.6) is 17.2 Å². The molecule has 1 unspecified atom stereocenters. The second kappa shape index (κ2) is 9.34. The Balaban J connectivity index is 1.70. The number of para-hydroxylation sites is 1. The molecule has 3 aromatic rings. The van der Waals surface area contributed by atoms with Crippen molar-refractivity contribution in [3.05, 3.63) is 105 Å². The zero-order valence-electron chi connectivity index (χ0n) is 18.1. The standard InChI is InChI=1S/C25H19N3O6/c1-2-32-21-9-4-3-8-19(21)25(29)33-17-10-11-18-22(13-17)34-24(27)20(14-26)23(18)15-6-5-7-16(12-15)28(30)31/h3-13,23H,2,27H2,1H3. The van der Waals surface area contributed by atoms with Crippen molar-refractivity contribution in [2.24, 2.45) is 5.73 Å². The van der Waals surface area contributed by atoms with Gasteiger partial charge in [0.2, 0.25) is 5.88 Å². The highest BCUT2D eigenvalue weighted by Gasteiger charge is 2.32. The number of carbonyl (C=O) groups is 1. The van der Waals surface area contributed by atoms with Crippen molar-refractivity contribution in [3.8, 4) is 23.3 Å². The molecule has 3 aromatic carbocycles. The fourth-order valence-electron chi connectivity index (χ4n) is 3.74. The minimum absolute atomic E-state index is 0.111. The predicted octanol–water partition coefficient (Wildman–Crippen LogP) is 4.43. The Morgan fingerprint density at radius 2 is 1.97 bits per heavy atom. The largest absolute Gasteiger partial charge is 0.493 e. The maximum absolute atomic E-state index is 12.7. The van der Waals surface area contributed by atoms with Crippen LogP contribution in [0.1, 0.15) is 34.3 Å². The number of nitro groups is 1. The molecule has 34 heavy (non-hydrogen) atoms. The van der Waals surface area contributed by atoms with Gasteiger partial charge < -0.3 is 19.9 Å². The predicted molar refractivity (Wildman–Crippen MR) is 121 cm³/mol. The van der Waals surface area contributed by atoms with Gasteiger partial charge in [-0.1, -0.05) is 30.3 Å². The molecular formula is C25H19N3O6. The van der Waals surface area contributed by atoms with Gasteiger partial charge in [0.05, 0.1) is 17.4 Å². The third-order valence-electron chi connectivity index (χ3n) is 5.22. The number of ether oxygens (including phenoxy) is 3. The number of non-ortho nitro benzene ring substituents is 1. The van der Waals surface area contributed by atoms with Crippen LogP contribution >= 0.6 is 0 Å². The summed E-state index contributed by atoms with van der Waals surface area (Å²) in [6.45, 7) is 2.21. The molecule has 0 spiro atoms. The second-order valence-electron chi connectivity index (χ2n) is 7.30. The lowest BCUT2D eigenvalue weighted by Gasteiger charge is -2.26. The monoisotopic (exact) mass is 457 g/mol. The summed E-state index contributed by atoms with van der Waals surface area (Å²) >= 11 is 0. The second-order valence-corrected chi connectivity index (χ2v) is 7.30. The van der Waals surface area contributed by atoms with E-state index in [0.29, 0.717) is 23.5 Å². The molecular weight excluding hydrogens is 438 g/mol. The molecule has 9 heteroatoms. The third kappa shape index (κ3) is 4.25. The highest BCUT2D eigenvalue weighted by atomic mass is 16.6. The van der Waals surface area contributed by atoms with E-state index in [1.807, 2.05) is 13.0 Å². The third-order valence-corrected chi connectivity index (χ3v) is 5.22. The van der Waals surface area contributed by atoms with Gasteiger partial charge in [-0.25, -0.2) is 4.79 Å². The van der Waals surface area contributed by atoms with Gasteiger partial charge in [0.25, 0.3) is 5.69 Å². The van der Waals surface area contributed by atoms with Gasteiger partial charge in [0.15, 0.2) is 0 Å². The number of nitriles is 1. The van der Waals surface area contributed by atoms with Crippen molar-refractivity contribution >= 4 is 11.7 Å². The first-order valence-electron chi connectivity index (χ1n) is 10.3. The fraction of sp³-hybridized carbons (Fsp3) is 0.120. The van der Waals surface area contributed by atoms with E-state index in [2.05, 4.69) is 0 Å². The molecule has 1 heterocycles. The topological polar surface area (TPSA) is 138 Å². The zero-order valence-corrected chi connectivity index (χ0v) is 18.1. The highest BCUT2D eigenvalue weighted by Crippen LogP contribution is 2.44. The maximum Gasteiger partial charge on any atom is 0.347 e. The number of nitro benzene ring substituents is 1. The summed E-state index contributed by atoms with van der Waals surface area (Å²) < 4.78 is 16.7. The summed E-state index contributed by atoms with van der Waals surface area (Å²) in [5, 5.41) is 20.9. The normalized spacial score (nSPS) is 14.4. The maximum atomic E-state index is 12.7. The van der Waals surface area contributed by atoms with E-state index in [0.717, 1.165) is 0 Å². The molecule has 1 aliphatic heterocycles. The summed E-state index contributed by atoms with van der Waals surface area (Å²) in [5.74, 6) is -0.553. The first kappa shape index (κ1) is 22.4. The zero-order chi connectivity index (χ0) is 24.2. The van der Waals surface area contributed by atoms with E-state index in [1.165, 1.54) is 18.2 Å². The molecule has 0 radical (unpaired) electrons. The Kier molecular flexibility index (Phi) is 6.14. The molecule has 0 fully saturated rings. The molecule has 0 aromatic heterocycles.